The van der Waals surface area contributed by atoms with Crippen molar-refractivity contribution in [2.75, 3.05) is 13.6 Å². The molecule has 3 rings (SSSR count). The molecule has 2 aliphatic rings. The SMILES string of the molecule is CC(C)Cc1noc(CN(C)CCCC2CC3CCCC(C3)C2)n1. The predicted octanol–water partition coefficient (Wildman–Crippen LogP) is 4.70. The Morgan fingerprint density at radius 1 is 1.17 bits per heavy atom. The van der Waals surface area contributed by atoms with Gasteiger partial charge in [-0.15, -0.1) is 0 Å². The number of nitrogens with zero attached hydrogens (tertiary/aromatic N) is 3. The molecule has 1 aromatic heterocycles. The lowest BCUT2D eigenvalue weighted by atomic mass is 9.67. The second-order valence-corrected chi connectivity index (χ2v) is 8.82. The monoisotopic (exact) mass is 333 g/mol. The van der Waals surface area contributed by atoms with Gasteiger partial charge in [-0.25, -0.2) is 0 Å². The molecule has 1 aromatic rings. The molecule has 1 heterocycles. The maximum absolute atomic E-state index is 5.38. The lowest BCUT2D eigenvalue weighted by molar-refractivity contribution is 0.128. The van der Waals surface area contributed by atoms with Crippen molar-refractivity contribution >= 4 is 0 Å². The van der Waals surface area contributed by atoms with Crippen LogP contribution in [0.2, 0.25) is 0 Å². The zero-order valence-electron chi connectivity index (χ0n) is 15.8. The Kier molecular flexibility index (Phi) is 6.31. The molecular formula is C20H35N3O. The molecular weight excluding hydrogens is 298 g/mol. The molecule has 2 bridgehead atoms. The quantitative estimate of drug-likeness (QED) is 0.692. The molecule has 2 saturated carbocycles. The zero-order valence-corrected chi connectivity index (χ0v) is 15.8. The topological polar surface area (TPSA) is 42.2 Å². The van der Waals surface area contributed by atoms with E-state index in [1.54, 1.807) is 0 Å². The van der Waals surface area contributed by atoms with E-state index in [9.17, 15) is 0 Å². The zero-order chi connectivity index (χ0) is 16.9. The van der Waals surface area contributed by atoms with Crippen LogP contribution in [0.15, 0.2) is 4.52 Å². The van der Waals surface area contributed by atoms with Gasteiger partial charge in [-0.1, -0.05) is 38.3 Å². The van der Waals surface area contributed by atoms with Crippen LogP contribution in [-0.4, -0.2) is 28.6 Å². The highest BCUT2D eigenvalue weighted by atomic mass is 16.5. The van der Waals surface area contributed by atoms with Crippen LogP contribution in [0.25, 0.3) is 0 Å². The largest absolute Gasteiger partial charge is 0.338 e. The molecule has 0 N–H and O–H groups in total. The summed E-state index contributed by atoms with van der Waals surface area (Å²) >= 11 is 0. The summed E-state index contributed by atoms with van der Waals surface area (Å²) in [7, 11) is 2.17. The van der Waals surface area contributed by atoms with Gasteiger partial charge in [-0.3, -0.25) is 4.90 Å². The van der Waals surface area contributed by atoms with Gasteiger partial charge < -0.3 is 4.52 Å². The van der Waals surface area contributed by atoms with E-state index in [0.717, 1.165) is 49.0 Å². The fourth-order valence-corrected chi connectivity index (χ4v) is 4.87. The number of hydrogen-bond acceptors (Lipinski definition) is 4. The average Bonchev–Trinajstić information content (AvgIpc) is 2.93. The van der Waals surface area contributed by atoms with Crippen molar-refractivity contribution in [2.45, 2.75) is 78.2 Å². The van der Waals surface area contributed by atoms with Crippen molar-refractivity contribution in [1.29, 1.82) is 0 Å². The van der Waals surface area contributed by atoms with Gasteiger partial charge in [0.05, 0.1) is 6.54 Å². The fraction of sp³-hybridized carbons (Fsp3) is 0.900. The molecule has 0 spiro atoms. The molecule has 24 heavy (non-hydrogen) atoms. The highest BCUT2D eigenvalue weighted by Gasteiger charge is 2.31. The third-order valence-electron chi connectivity index (χ3n) is 5.88. The lowest BCUT2D eigenvalue weighted by Crippen LogP contribution is -2.27. The summed E-state index contributed by atoms with van der Waals surface area (Å²) in [5.41, 5.74) is 0. The smallest absolute Gasteiger partial charge is 0.240 e. The van der Waals surface area contributed by atoms with Gasteiger partial charge in [0.2, 0.25) is 5.89 Å². The highest BCUT2D eigenvalue weighted by molar-refractivity contribution is 4.87. The molecule has 136 valence electrons. The molecule has 2 fully saturated rings. The number of fused-ring (bicyclic) bond motifs is 2. The van der Waals surface area contributed by atoms with Crippen molar-refractivity contribution in [3.63, 3.8) is 0 Å². The standard InChI is InChI=1S/C20H35N3O/c1-15(2)10-19-21-20(24-22-19)14-23(3)9-5-8-18-12-16-6-4-7-17(11-16)13-18/h15-18H,4-14H2,1-3H3. The average molecular weight is 334 g/mol. The van der Waals surface area contributed by atoms with Crippen molar-refractivity contribution < 1.29 is 4.52 Å². The first-order valence-electron chi connectivity index (χ1n) is 10.1. The van der Waals surface area contributed by atoms with Gasteiger partial charge in [0.15, 0.2) is 5.82 Å². The fourth-order valence-electron chi connectivity index (χ4n) is 4.87. The van der Waals surface area contributed by atoms with Gasteiger partial charge in [-0.2, -0.15) is 4.98 Å². The third kappa shape index (κ3) is 5.30. The molecule has 2 atom stereocenters. The Bertz CT molecular complexity index is 487. The van der Waals surface area contributed by atoms with Crippen LogP contribution in [0.1, 0.15) is 76.9 Å². The summed E-state index contributed by atoms with van der Waals surface area (Å²) in [4.78, 5) is 6.84. The van der Waals surface area contributed by atoms with Gasteiger partial charge in [0.25, 0.3) is 0 Å². The summed E-state index contributed by atoms with van der Waals surface area (Å²) in [6.45, 7) is 6.28. The highest BCUT2D eigenvalue weighted by Crippen LogP contribution is 2.43. The minimum atomic E-state index is 0.572. The van der Waals surface area contributed by atoms with Crippen LogP contribution in [0, 0.1) is 23.7 Å². The molecule has 0 aliphatic heterocycles. The Morgan fingerprint density at radius 2 is 1.92 bits per heavy atom. The van der Waals surface area contributed by atoms with Gasteiger partial charge >= 0.3 is 0 Å². The molecule has 0 aromatic carbocycles. The Balaban J connectivity index is 1.35. The molecule has 2 aliphatic carbocycles. The number of hydrogen-bond donors (Lipinski definition) is 0. The summed E-state index contributed by atoms with van der Waals surface area (Å²) < 4.78 is 5.38. The first-order chi connectivity index (χ1) is 11.6. The van der Waals surface area contributed by atoms with Crippen LogP contribution in [-0.2, 0) is 13.0 Å². The molecule has 0 amide bonds. The number of rotatable bonds is 8. The first-order valence-corrected chi connectivity index (χ1v) is 10.1. The van der Waals surface area contributed by atoms with Crippen molar-refractivity contribution in [3.8, 4) is 0 Å². The molecule has 4 heteroatoms. The van der Waals surface area contributed by atoms with E-state index < -0.39 is 0 Å². The van der Waals surface area contributed by atoms with Crippen LogP contribution in [0.3, 0.4) is 0 Å². The van der Waals surface area contributed by atoms with Gasteiger partial charge in [0.1, 0.15) is 0 Å². The Morgan fingerprint density at radius 3 is 2.62 bits per heavy atom. The minimum absolute atomic E-state index is 0.572. The van der Waals surface area contributed by atoms with Crippen LogP contribution < -0.4 is 0 Å². The summed E-state index contributed by atoms with van der Waals surface area (Å²) in [6.07, 6.45) is 12.6. The van der Waals surface area contributed by atoms with Crippen LogP contribution in [0.5, 0.6) is 0 Å². The van der Waals surface area contributed by atoms with Crippen LogP contribution in [0.4, 0.5) is 0 Å². The van der Waals surface area contributed by atoms with Gasteiger partial charge in [-0.05, 0) is 69.4 Å². The molecule has 2 unspecified atom stereocenters. The maximum atomic E-state index is 5.38. The van der Waals surface area contributed by atoms with E-state index in [-0.39, 0.29) is 0 Å². The van der Waals surface area contributed by atoms with E-state index >= 15 is 0 Å². The molecule has 0 saturated heterocycles. The Labute approximate surface area is 147 Å². The van der Waals surface area contributed by atoms with Crippen LogP contribution >= 0.6 is 0 Å². The van der Waals surface area contributed by atoms with Gasteiger partial charge in [0, 0.05) is 6.42 Å². The Hall–Kier alpha value is -0.900. The number of aromatic nitrogens is 2. The first kappa shape index (κ1) is 17.9. The summed E-state index contributed by atoms with van der Waals surface area (Å²) in [5, 5.41) is 4.08. The van der Waals surface area contributed by atoms with Crippen molar-refractivity contribution in [3.05, 3.63) is 11.7 Å². The predicted molar refractivity (Wildman–Crippen MR) is 96.6 cm³/mol. The second-order valence-electron chi connectivity index (χ2n) is 8.82. The maximum Gasteiger partial charge on any atom is 0.240 e. The molecule has 4 nitrogen and oxygen atoms in total. The lowest BCUT2D eigenvalue weighted by Gasteiger charge is -2.39. The minimum Gasteiger partial charge on any atom is -0.338 e. The summed E-state index contributed by atoms with van der Waals surface area (Å²) in [5.74, 6) is 5.28. The van der Waals surface area contributed by atoms with E-state index in [0.29, 0.717) is 5.92 Å². The van der Waals surface area contributed by atoms with Crippen molar-refractivity contribution in [2.24, 2.45) is 23.7 Å². The summed E-state index contributed by atoms with van der Waals surface area (Å²) in [6, 6.07) is 0. The van der Waals surface area contributed by atoms with E-state index in [1.165, 1.54) is 51.4 Å². The third-order valence-corrected chi connectivity index (χ3v) is 5.88. The normalized spacial score (nSPS) is 27.1. The van der Waals surface area contributed by atoms with E-state index in [1.807, 2.05) is 0 Å². The molecule has 0 radical (unpaired) electrons. The van der Waals surface area contributed by atoms with Crippen molar-refractivity contribution in [1.82, 2.24) is 15.0 Å². The van der Waals surface area contributed by atoms with E-state index in [2.05, 4.69) is 35.9 Å². The van der Waals surface area contributed by atoms with E-state index in [4.69, 9.17) is 4.52 Å². The second kappa shape index (κ2) is 8.46.